The number of benzene rings is 2. The Bertz CT molecular complexity index is 1250. The van der Waals surface area contributed by atoms with Gasteiger partial charge >= 0.3 is 12.1 Å². The second-order valence-electron chi connectivity index (χ2n) is 8.36. The third kappa shape index (κ3) is 5.58. The fourth-order valence-corrected chi connectivity index (χ4v) is 4.67. The molecule has 0 fully saturated rings. The van der Waals surface area contributed by atoms with Crippen LogP contribution in [0.5, 0.6) is 0 Å². The molecule has 180 valence electrons. The number of anilines is 1. The Balaban J connectivity index is 1.35. The number of nitrogens with zero attached hydrogens (tertiary/aromatic N) is 1. The van der Waals surface area contributed by atoms with Gasteiger partial charge in [-0.25, -0.2) is 14.6 Å². The lowest BCUT2D eigenvalue weighted by Crippen LogP contribution is -2.40. The second-order valence-corrected chi connectivity index (χ2v) is 9.39. The fourth-order valence-electron chi connectivity index (χ4n) is 3.96. The molecular formula is C26H25N3O5S. The Labute approximate surface area is 206 Å². The third-order valence-electron chi connectivity index (χ3n) is 5.65. The molecule has 1 unspecified atom stereocenters. The van der Waals surface area contributed by atoms with Gasteiger partial charge in [0, 0.05) is 5.92 Å². The first kappa shape index (κ1) is 24.2. The van der Waals surface area contributed by atoms with Crippen molar-refractivity contribution in [2.75, 3.05) is 11.9 Å². The first-order valence-electron chi connectivity index (χ1n) is 11.1. The van der Waals surface area contributed by atoms with Crippen LogP contribution in [0.4, 0.5) is 9.93 Å². The summed E-state index contributed by atoms with van der Waals surface area (Å²) >= 11 is 0.939. The Hall–Kier alpha value is -3.98. The number of amides is 2. The maximum absolute atomic E-state index is 12.5. The Kier molecular flexibility index (Phi) is 7.26. The Morgan fingerprint density at radius 3 is 2.31 bits per heavy atom. The molecule has 0 radical (unpaired) electrons. The zero-order valence-electron chi connectivity index (χ0n) is 19.3. The van der Waals surface area contributed by atoms with Crippen LogP contribution in [0.15, 0.2) is 66.4 Å². The van der Waals surface area contributed by atoms with E-state index < -0.39 is 24.0 Å². The molecule has 1 aromatic heterocycles. The standard InChI is InChI=1S/C26H25N3O5S/c1-15(2)11-12-21(24(31)32)28-23(30)22-13-27-25(35-22)29-26(33)34-14-20-18-9-5-3-7-16(18)17-8-4-6-10-19(17)20/h3-11,13,20-21H,12,14H2,1-2H3,(H,28,30)(H,31,32)(H,27,29,33). The predicted octanol–water partition coefficient (Wildman–Crippen LogP) is 5.04. The molecule has 3 aromatic rings. The van der Waals surface area contributed by atoms with Crippen molar-refractivity contribution < 1.29 is 24.2 Å². The molecule has 3 N–H and O–H groups in total. The molecule has 9 heteroatoms. The Morgan fingerprint density at radius 1 is 1.09 bits per heavy atom. The average molecular weight is 492 g/mol. The summed E-state index contributed by atoms with van der Waals surface area (Å²) in [5.74, 6) is -1.77. The molecule has 1 heterocycles. The van der Waals surface area contributed by atoms with Crippen LogP contribution in [-0.2, 0) is 9.53 Å². The minimum atomic E-state index is -1.13. The number of carboxylic acid groups (broad SMARTS) is 1. The summed E-state index contributed by atoms with van der Waals surface area (Å²) in [5, 5.41) is 14.6. The van der Waals surface area contributed by atoms with E-state index in [-0.39, 0.29) is 29.0 Å². The van der Waals surface area contributed by atoms with Crippen molar-refractivity contribution in [2.24, 2.45) is 0 Å². The van der Waals surface area contributed by atoms with Gasteiger partial charge in [-0.15, -0.1) is 0 Å². The number of aromatic nitrogens is 1. The number of thiazole rings is 1. The van der Waals surface area contributed by atoms with E-state index in [1.54, 1.807) is 6.08 Å². The summed E-state index contributed by atoms with van der Waals surface area (Å²) < 4.78 is 5.50. The number of carbonyl (C=O) groups excluding carboxylic acids is 2. The lowest BCUT2D eigenvalue weighted by Gasteiger charge is -2.14. The zero-order valence-corrected chi connectivity index (χ0v) is 20.1. The van der Waals surface area contributed by atoms with Crippen LogP contribution in [0.1, 0.15) is 47.0 Å². The number of carboxylic acids is 1. The van der Waals surface area contributed by atoms with Gasteiger partial charge in [-0.05, 0) is 42.5 Å². The van der Waals surface area contributed by atoms with Crippen LogP contribution in [0.25, 0.3) is 11.1 Å². The van der Waals surface area contributed by atoms with Crippen molar-refractivity contribution in [1.82, 2.24) is 10.3 Å². The van der Waals surface area contributed by atoms with E-state index in [1.165, 1.54) is 6.20 Å². The maximum Gasteiger partial charge on any atom is 0.413 e. The Morgan fingerprint density at radius 2 is 1.71 bits per heavy atom. The van der Waals surface area contributed by atoms with E-state index in [1.807, 2.05) is 50.2 Å². The molecule has 8 nitrogen and oxygen atoms in total. The second kappa shape index (κ2) is 10.5. The molecule has 35 heavy (non-hydrogen) atoms. The van der Waals surface area contributed by atoms with Crippen LogP contribution >= 0.6 is 11.3 Å². The third-order valence-corrected chi connectivity index (χ3v) is 6.56. The molecule has 0 aliphatic heterocycles. The molecule has 4 rings (SSSR count). The van der Waals surface area contributed by atoms with Gasteiger partial charge in [-0.2, -0.15) is 0 Å². The van der Waals surface area contributed by atoms with Gasteiger partial charge in [0.05, 0.1) is 6.20 Å². The maximum atomic E-state index is 12.5. The van der Waals surface area contributed by atoms with Gasteiger partial charge in [-0.1, -0.05) is 71.5 Å². The van der Waals surface area contributed by atoms with Crippen LogP contribution in [0.3, 0.4) is 0 Å². The van der Waals surface area contributed by atoms with Gasteiger partial charge in [0.25, 0.3) is 5.91 Å². The topological polar surface area (TPSA) is 118 Å². The molecule has 0 bridgehead atoms. The summed E-state index contributed by atoms with van der Waals surface area (Å²) in [4.78, 5) is 40.6. The van der Waals surface area contributed by atoms with Crippen LogP contribution in [-0.4, -0.2) is 40.7 Å². The van der Waals surface area contributed by atoms with Crippen molar-refractivity contribution in [3.8, 4) is 11.1 Å². The summed E-state index contributed by atoms with van der Waals surface area (Å²) in [7, 11) is 0. The summed E-state index contributed by atoms with van der Waals surface area (Å²) in [6.07, 6.45) is 2.53. The monoisotopic (exact) mass is 491 g/mol. The van der Waals surface area contributed by atoms with E-state index >= 15 is 0 Å². The number of ether oxygens (including phenoxy) is 1. The quantitative estimate of drug-likeness (QED) is 0.380. The lowest BCUT2D eigenvalue weighted by atomic mass is 9.98. The number of allylic oxidation sites excluding steroid dienone is 1. The molecule has 1 aliphatic carbocycles. The van der Waals surface area contributed by atoms with Gasteiger partial charge < -0.3 is 15.2 Å². The first-order valence-corrected chi connectivity index (χ1v) is 11.9. The molecule has 2 amide bonds. The number of carbonyl (C=O) groups is 3. The molecule has 0 spiro atoms. The van der Waals surface area contributed by atoms with Gasteiger partial charge in [0.2, 0.25) is 0 Å². The number of rotatable bonds is 8. The number of hydrogen-bond acceptors (Lipinski definition) is 6. The van der Waals surface area contributed by atoms with Crippen LogP contribution in [0, 0.1) is 0 Å². The van der Waals surface area contributed by atoms with Gasteiger partial charge in [0.1, 0.15) is 17.5 Å². The highest BCUT2D eigenvalue weighted by atomic mass is 32.1. The molecule has 0 saturated carbocycles. The highest BCUT2D eigenvalue weighted by Crippen LogP contribution is 2.44. The highest BCUT2D eigenvalue weighted by Gasteiger charge is 2.29. The normalized spacial score (nSPS) is 12.7. The van der Waals surface area contributed by atoms with E-state index in [2.05, 4.69) is 27.8 Å². The van der Waals surface area contributed by atoms with Crippen molar-refractivity contribution in [3.05, 3.63) is 82.4 Å². The molecule has 1 aliphatic rings. The van der Waals surface area contributed by atoms with Gasteiger partial charge in [0.15, 0.2) is 5.13 Å². The largest absolute Gasteiger partial charge is 0.480 e. The van der Waals surface area contributed by atoms with Crippen LogP contribution in [0.2, 0.25) is 0 Å². The van der Waals surface area contributed by atoms with E-state index in [0.717, 1.165) is 39.2 Å². The molecule has 0 saturated heterocycles. The van der Waals surface area contributed by atoms with Crippen LogP contribution < -0.4 is 10.6 Å². The molecule has 1 atom stereocenters. The minimum Gasteiger partial charge on any atom is -0.480 e. The molecule has 2 aromatic carbocycles. The van der Waals surface area contributed by atoms with Gasteiger partial charge in [-0.3, -0.25) is 10.1 Å². The predicted molar refractivity (Wildman–Crippen MR) is 134 cm³/mol. The molecular weight excluding hydrogens is 466 g/mol. The first-order chi connectivity index (χ1) is 16.8. The summed E-state index contributed by atoms with van der Waals surface area (Å²) in [6.45, 7) is 3.86. The number of hydrogen-bond donors (Lipinski definition) is 3. The fraction of sp³-hybridized carbons (Fsp3) is 0.231. The number of nitrogens with one attached hydrogen (secondary N) is 2. The SMILES string of the molecule is CC(C)=CCC(NC(=O)c1cnc(NC(=O)OCC2c3ccccc3-c3ccccc32)s1)C(=O)O. The van der Waals surface area contributed by atoms with Crippen molar-refractivity contribution in [3.63, 3.8) is 0 Å². The van der Waals surface area contributed by atoms with E-state index in [0.29, 0.717) is 0 Å². The number of aliphatic carboxylic acids is 1. The smallest absolute Gasteiger partial charge is 0.413 e. The average Bonchev–Trinajstić information content (AvgIpc) is 3.43. The minimum absolute atomic E-state index is 0.0699. The zero-order chi connectivity index (χ0) is 24.9. The summed E-state index contributed by atoms with van der Waals surface area (Å²) in [5.41, 5.74) is 5.44. The van der Waals surface area contributed by atoms with Crippen molar-refractivity contribution in [2.45, 2.75) is 32.2 Å². The number of fused-ring (bicyclic) bond motifs is 3. The van der Waals surface area contributed by atoms with Crippen molar-refractivity contribution >= 4 is 34.4 Å². The van der Waals surface area contributed by atoms with E-state index in [9.17, 15) is 19.5 Å². The summed E-state index contributed by atoms with van der Waals surface area (Å²) in [6, 6.07) is 15.0. The van der Waals surface area contributed by atoms with E-state index in [4.69, 9.17) is 4.74 Å². The van der Waals surface area contributed by atoms with Crippen molar-refractivity contribution in [1.29, 1.82) is 0 Å². The highest BCUT2D eigenvalue weighted by molar-refractivity contribution is 7.17. The lowest BCUT2D eigenvalue weighted by molar-refractivity contribution is -0.139.